The number of hydrogen-bond acceptors (Lipinski definition) is 4. The lowest BCUT2D eigenvalue weighted by atomic mass is 10.1. The monoisotopic (exact) mass is 310 g/mol. The summed E-state index contributed by atoms with van der Waals surface area (Å²) in [6, 6.07) is 5.80. The molecular weight excluding hydrogens is 296 g/mol. The van der Waals surface area contributed by atoms with Gasteiger partial charge in [-0.1, -0.05) is 0 Å². The van der Waals surface area contributed by atoms with Crippen molar-refractivity contribution in [2.75, 3.05) is 13.7 Å². The fourth-order valence-electron chi connectivity index (χ4n) is 1.76. The maximum Gasteiger partial charge on any atom is 0.196 e. The minimum Gasteiger partial charge on any atom is -0.496 e. The van der Waals surface area contributed by atoms with Gasteiger partial charge in [-0.2, -0.15) is 0 Å². The molecule has 18 heavy (non-hydrogen) atoms. The molecule has 0 spiro atoms. The van der Waals surface area contributed by atoms with Gasteiger partial charge in [-0.05, 0) is 41.1 Å². The van der Waals surface area contributed by atoms with E-state index >= 15 is 0 Å². The van der Waals surface area contributed by atoms with Crippen LogP contribution in [0.1, 0.15) is 11.6 Å². The van der Waals surface area contributed by atoms with Crippen LogP contribution < -0.4 is 10.5 Å². The molecule has 0 amide bonds. The number of hydrogen-bond donors (Lipinski definition) is 1. The van der Waals surface area contributed by atoms with E-state index in [0.29, 0.717) is 18.9 Å². The average Bonchev–Trinajstić information content (AvgIpc) is 2.71. The molecule has 1 aromatic heterocycles. The summed E-state index contributed by atoms with van der Waals surface area (Å²) < 4.78 is 11.8. The first-order chi connectivity index (χ1) is 8.65. The van der Waals surface area contributed by atoms with Crippen LogP contribution in [0.3, 0.4) is 0 Å². The van der Waals surface area contributed by atoms with Gasteiger partial charge in [-0.25, -0.2) is 4.98 Å². The van der Waals surface area contributed by atoms with E-state index < -0.39 is 0 Å². The molecule has 1 heterocycles. The van der Waals surface area contributed by atoms with E-state index in [0.717, 1.165) is 27.2 Å². The predicted molar refractivity (Wildman–Crippen MR) is 73.7 cm³/mol. The molecule has 5 heteroatoms. The van der Waals surface area contributed by atoms with Crippen molar-refractivity contribution in [3.63, 3.8) is 0 Å². The number of aromatic nitrogens is 1. The Balaban J connectivity index is 2.39. The lowest BCUT2D eigenvalue weighted by Crippen LogP contribution is -2.02. The quantitative estimate of drug-likeness (QED) is 0.943. The highest BCUT2D eigenvalue weighted by Gasteiger charge is 2.12. The standard InChI is InChI=1S/C13H15BrN2O2/c1-8-13(18-12(16-8)5-6-15)9-3-4-11(17-2)10(14)7-9/h3-4,7H,5-6,15H2,1-2H3. The van der Waals surface area contributed by atoms with Gasteiger partial charge >= 0.3 is 0 Å². The molecule has 0 saturated carbocycles. The number of benzene rings is 1. The molecule has 0 aliphatic carbocycles. The van der Waals surface area contributed by atoms with Crippen molar-refractivity contribution in [1.29, 1.82) is 0 Å². The first-order valence-corrected chi connectivity index (χ1v) is 6.45. The van der Waals surface area contributed by atoms with Gasteiger partial charge in [0.25, 0.3) is 0 Å². The van der Waals surface area contributed by atoms with Crippen LogP contribution in [0.5, 0.6) is 5.75 Å². The van der Waals surface area contributed by atoms with Crippen LogP contribution >= 0.6 is 15.9 Å². The maximum absolute atomic E-state index is 5.72. The van der Waals surface area contributed by atoms with Crippen LogP contribution in [-0.2, 0) is 6.42 Å². The molecule has 96 valence electrons. The number of halogens is 1. The van der Waals surface area contributed by atoms with Gasteiger partial charge in [-0.3, -0.25) is 0 Å². The van der Waals surface area contributed by atoms with Crippen LogP contribution in [0, 0.1) is 6.92 Å². The smallest absolute Gasteiger partial charge is 0.196 e. The minimum atomic E-state index is 0.533. The Morgan fingerprint density at radius 2 is 2.22 bits per heavy atom. The Hall–Kier alpha value is -1.33. The summed E-state index contributed by atoms with van der Waals surface area (Å²) in [6.45, 7) is 2.46. The number of methoxy groups -OCH3 is 1. The first kappa shape index (κ1) is 13.1. The van der Waals surface area contributed by atoms with Gasteiger partial charge in [-0.15, -0.1) is 0 Å². The van der Waals surface area contributed by atoms with E-state index in [-0.39, 0.29) is 0 Å². The highest BCUT2D eigenvalue weighted by molar-refractivity contribution is 9.10. The molecule has 1 aromatic carbocycles. The lowest BCUT2D eigenvalue weighted by molar-refractivity contribution is 0.412. The summed E-state index contributed by atoms with van der Waals surface area (Å²) in [5.74, 6) is 2.25. The minimum absolute atomic E-state index is 0.533. The van der Waals surface area contributed by atoms with Crippen molar-refractivity contribution in [2.45, 2.75) is 13.3 Å². The SMILES string of the molecule is COc1ccc(-c2oc(CCN)nc2C)cc1Br. The van der Waals surface area contributed by atoms with Crippen molar-refractivity contribution in [2.24, 2.45) is 5.73 Å². The molecule has 0 aliphatic heterocycles. The molecule has 0 radical (unpaired) electrons. The Labute approximate surface area is 114 Å². The number of nitrogens with zero attached hydrogens (tertiary/aromatic N) is 1. The normalized spacial score (nSPS) is 10.7. The molecule has 0 fully saturated rings. The van der Waals surface area contributed by atoms with Crippen molar-refractivity contribution in [3.05, 3.63) is 34.3 Å². The van der Waals surface area contributed by atoms with E-state index in [9.17, 15) is 0 Å². The largest absolute Gasteiger partial charge is 0.496 e. The number of ether oxygens (including phenoxy) is 1. The van der Waals surface area contributed by atoms with Crippen molar-refractivity contribution < 1.29 is 9.15 Å². The van der Waals surface area contributed by atoms with Gasteiger partial charge in [0.05, 0.1) is 17.3 Å². The highest BCUT2D eigenvalue weighted by atomic mass is 79.9. The van der Waals surface area contributed by atoms with E-state index in [4.69, 9.17) is 14.9 Å². The summed E-state index contributed by atoms with van der Waals surface area (Å²) in [5, 5.41) is 0. The average molecular weight is 311 g/mol. The van der Waals surface area contributed by atoms with E-state index in [1.165, 1.54) is 0 Å². The van der Waals surface area contributed by atoms with Crippen LogP contribution in [0.4, 0.5) is 0 Å². The second-order valence-electron chi connectivity index (χ2n) is 3.91. The van der Waals surface area contributed by atoms with E-state index in [2.05, 4.69) is 20.9 Å². The lowest BCUT2D eigenvalue weighted by Gasteiger charge is -2.04. The Morgan fingerprint density at radius 3 is 2.83 bits per heavy atom. The zero-order valence-corrected chi connectivity index (χ0v) is 12.0. The maximum atomic E-state index is 5.72. The third-order valence-electron chi connectivity index (χ3n) is 2.61. The Bertz CT molecular complexity index is 552. The third-order valence-corrected chi connectivity index (χ3v) is 3.23. The summed E-state index contributed by atoms with van der Waals surface area (Å²) in [6.07, 6.45) is 0.651. The van der Waals surface area contributed by atoms with Crippen molar-refractivity contribution in [1.82, 2.24) is 4.98 Å². The molecule has 0 bridgehead atoms. The van der Waals surface area contributed by atoms with Gasteiger partial charge in [0.15, 0.2) is 11.7 Å². The highest BCUT2D eigenvalue weighted by Crippen LogP contribution is 2.32. The summed E-state index contributed by atoms with van der Waals surface area (Å²) in [5.41, 5.74) is 7.34. The van der Waals surface area contributed by atoms with Gasteiger partial charge in [0.1, 0.15) is 5.75 Å². The van der Waals surface area contributed by atoms with Crippen molar-refractivity contribution in [3.8, 4) is 17.1 Å². The third kappa shape index (κ3) is 2.57. The van der Waals surface area contributed by atoms with Gasteiger partial charge in [0, 0.05) is 18.5 Å². The zero-order valence-electron chi connectivity index (χ0n) is 10.4. The zero-order chi connectivity index (χ0) is 13.1. The molecule has 0 saturated heterocycles. The molecule has 0 unspecified atom stereocenters. The fraction of sp³-hybridized carbons (Fsp3) is 0.308. The molecule has 0 atom stereocenters. The predicted octanol–water partition coefficient (Wildman–Crippen LogP) is 2.92. The second kappa shape index (κ2) is 5.54. The number of oxazole rings is 1. The summed E-state index contributed by atoms with van der Waals surface area (Å²) in [7, 11) is 1.64. The van der Waals surface area contributed by atoms with Crippen LogP contribution in [0.15, 0.2) is 27.1 Å². The molecule has 2 rings (SSSR count). The van der Waals surface area contributed by atoms with Crippen LogP contribution in [-0.4, -0.2) is 18.6 Å². The Morgan fingerprint density at radius 1 is 1.44 bits per heavy atom. The fourth-order valence-corrected chi connectivity index (χ4v) is 2.30. The topological polar surface area (TPSA) is 61.3 Å². The number of nitrogens with two attached hydrogens (primary N) is 1. The van der Waals surface area contributed by atoms with Gasteiger partial charge < -0.3 is 14.9 Å². The summed E-state index contributed by atoms with van der Waals surface area (Å²) in [4.78, 5) is 4.36. The molecule has 2 N–H and O–H groups in total. The summed E-state index contributed by atoms with van der Waals surface area (Å²) >= 11 is 3.46. The van der Waals surface area contributed by atoms with Crippen LogP contribution in [0.2, 0.25) is 0 Å². The number of aryl methyl sites for hydroxylation is 1. The first-order valence-electron chi connectivity index (χ1n) is 5.66. The van der Waals surface area contributed by atoms with Crippen molar-refractivity contribution >= 4 is 15.9 Å². The number of rotatable bonds is 4. The molecule has 2 aromatic rings. The van der Waals surface area contributed by atoms with E-state index in [1.54, 1.807) is 7.11 Å². The van der Waals surface area contributed by atoms with Gasteiger partial charge in [0.2, 0.25) is 0 Å². The molecule has 0 aliphatic rings. The molecular formula is C13H15BrN2O2. The Kier molecular flexibility index (Phi) is 4.04. The molecule has 4 nitrogen and oxygen atoms in total. The second-order valence-corrected chi connectivity index (χ2v) is 4.76. The van der Waals surface area contributed by atoms with E-state index in [1.807, 2.05) is 25.1 Å². The van der Waals surface area contributed by atoms with Crippen LogP contribution in [0.25, 0.3) is 11.3 Å².